The number of carboxylic acid groups (broad SMARTS) is 1. The molecule has 1 amide bonds. The third-order valence-corrected chi connectivity index (χ3v) is 2.61. The molecule has 0 saturated heterocycles. The molecule has 0 atom stereocenters. The number of amides is 1. The first-order valence-corrected chi connectivity index (χ1v) is 7.92. The molecule has 0 aromatic heterocycles. The monoisotopic (exact) mass is 350 g/mol. The molecule has 0 spiro atoms. The Kier molecular flexibility index (Phi) is 12.2. The predicted molar refractivity (Wildman–Crippen MR) is 87.0 cm³/mol. The first-order chi connectivity index (χ1) is 11.2. The van der Waals surface area contributed by atoms with Crippen LogP contribution >= 0.6 is 0 Å². The molecular formula is C15H30N2O7. The SMILES string of the molecule is CC(C)(C)OC(=O)NCCOCCN(CCOCCO)CC(=O)O. The molecule has 0 saturated carbocycles. The van der Waals surface area contributed by atoms with Gasteiger partial charge in [0.2, 0.25) is 0 Å². The second-order valence-electron chi connectivity index (χ2n) is 6.05. The van der Waals surface area contributed by atoms with Crippen LogP contribution in [-0.2, 0) is 19.0 Å². The minimum Gasteiger partial charge on any atom is -0.480 e. The van der Waals surface area contributed by atoms with Crippen LogP contribution in [0, 0.1) is 0 Å². The fourth-order valence-corrected chi connectivity index (χ4v) is 1.66. The second kappa shape index (κ2) is 12.9. The topological polar surface area (TPSA) is 118 Å². The third kappa shape index (κ3) is 15.5. The van der Waals surface area contributed by atoms with Crippen LogP contribution < -0.4 is 5.32 Å². The van der Waals surface area contributed by atoms with Gasteiger partial charge in [-0.1, -0.05) is 0 Å². The van der Waals surface area contributed by atoms with Crippen molar-refractivity contribution in [1.82, 2.24) is 10.2 Å². The van der Waals surface area contributed by atoms with Crippen molar-refractivity contribution < 1.29 is 34.0 Å². The summed E-state index contributed by atoms with van der Waals surface area (Å²) in [4.78, 5) is 23.9. The number of carboxylic acids is 1. The van der Waals surface area contributed by atoms with Gasteiger partial charge in [-0.15, -0.1) is 0 Å². The summed E-state index contributed by atoms with van der Waals surface area (Å²) < 4.78 is 15.6. The van der Waals surface area contributed by atoms with E-state index in [1.165, 1.54) is 0 Å². The predicted octanol–water partition coefficient (Wildman–Crippen LogP) is -0.0768. The van der Waals surface area contributed by atoms with Gasteiger partial charge in [0, 0.05) is 19.6 Å². The highest BCUT2D eigenvalue weighted by Crippen LogP contribution is 2.06. The summed E-state index contributed by atoms with van der Waals surface area (Å²) in [5.41, 5.74) is -0.541. The largest absolute Gasteiger partial charge is 0.480 e. The summed E-state index contributed by atoms with van der Waals surface area (Å²) in [5.74, 6) is -0.927. The van der Waals surface area contributed by atoms with Gasteiger partial charge in [0.1, 0.15) is 5.60 Å². The average molecular weight is 350 g/mol. The Balaban J connectivity index is 3.78. The summed E-state index contributed by atoms with van der Waals surface area (Å²) in [6, 6.07) is 0. The fourth-order valence-electron chi connectivity index (χ4n) is 1.66. The van der Waals surface area contributed by atoms with Gasteiger partial charge in [-0.25, -0.2) is 4.79 Å². The molecule has 0 fully saturated rings. The Labute approximate surface area is 142 Å². The Morgan fingerprint density at radius 2 is 1.62 bits per heavy atom. The molecule has 0 aliphatic carbocycles. The van der Waals surface area contributed by atoms with Crippen molar-refractivity contribution in [2.75, 3.05) is 59.2 Å². The van der Waals surface area contributed by atoms with Crippen molar-refractivity contribution in [1.29, 1.82) is 0 Å². The maximum absolute atomic E-state index is 11.4. The molecule has 142 valence electrons. The molecule has 0 aliphatic rings. The summed E-state index contributed by atoms with van der Waals surface area (Å²) in [6.45, 7) is 7.57. The molecule has 0 bridgehead atoms. The van der Waals surface area contributed by atoms with Crippen LogP contribution in [-0.4, -0.2) is 92.0 Å². The van der Waals surface area contributed by atoms with Gasteiger partial charge in [0.25, 0.3) is 0 Å². The number of alkyl carbamates (subject to hydrolysis) is 1. The van der Waals surface area contributed by atoms with E-state index in [1.54, 1.807) is 25.7 Å². The van der Waals surface area contributed by atoms with E-state index in [-0.39, 0.29) is 19.8 Å². The van der Waals surface area contributed by atoms with Gasteiger partial charge >= 0.3 is 12.1 Å². The first kappa shape index (κ1) is 22.6. The quantitative estimate of drug-likeness (QED) is 0.395. The van der Waals surface area contributed by atoms with Crippen LogP contribution in [0.4, 0.5) is 4.79 Å². The number of nitrogens with zero attached hydrogens (tertiary/aromatic N) is 1. The zero-order valence-electron chi connectivity index (χ0n) is 14.7. The number of ether oxygens (including phenoxy) is 3. The zero-order chi connectivity index (χ0) is 18.4. The second-order valence-corrected chi connectivity index (χ2v) is 6.05. The smallest absolute Gasteiger partial charge is 0.407 e. The highest BCUT2D eigenvalue weighted by molar-refractivity contribution is 5.69. The maximum Gasteiger partial charge on any atom is 0.407 e. The normalized spacial score (nSPS) is 11.5. The first-order valence-electron chi connectivity index (χ1n) is 7.92. The van der Waals surface area contributed by atoms with Gasteiger partial charge in [0.15, 0.2) is 0 Å². The van der Waals surface area contributed by atoms with Crippen LogP contribution in [0.1, 0.15) is 20.8 Å². The van der Waals surface area contributed by atoms with Crippen molar-refractivity contribution >= 4 is 12.1 Å². The molecule has 24 heavy (non-hydrogen) atoms. The van der Waals surface area contributed by atoms with Crippen molar-refractivity contribution in [3.63, 3.8) is 0 Å². The Bertz CT molecular complexity index is 358. The van der Waals surface area contributed by atoms with E-state index in [2.05, 4.69) is 5.32 Å². The number of hydrogen-bond donors (Lipinski definition) is 3. The standard InChI is InChI=1S/C15H30N2O7/c1-15(2,3)24-14(21)16-4-8-22-9-5-17(12-13(19)20)6-10-23-11-7-18/h18H,4-12H2,1-3H3,(H,16,21)(H,19,20). The number of carbonyl (C=O) groups is 2. The molecule has 0 radical (unpaired) electrons. The number of hydrogen-bond acceptors (Lipinski definition) is 7. The molecule has 0 aliphatic heterocycles. The molecule has 0 unspecified atom stereocenters. The van der Waals surface area contributed by atoms with Crippen LogP contribution in [0.5, 0.6) is 0 Å². The summed E-state index contributed by atoms with van der Waals surface area (Å²) in [5, 5.41) is 20.0. The van der Waals surface area contributed by atoms with E-state index in [0.717, 1.165) is 0 Å². The molecule has 0 aromatic rings. The van der Waals surface area contributed by atoms with Gasteiger partial charge in [-0.05, 0) is 20.8 Å². The highest BCUT2D eigenvalue weighted by atomic mass is 16.6. The van der Waals surface area contributed by atoms with Crippen molar-refractivity contribution in [3.8, 4) is 0 Å². The number of carbonyl (C=O) groups excluding carboxylic acids is 1. The summed E-state index contributed by atoms with van der Waals surface area (Å²) >= 11 is 0. The molecule has 9 nitrogen and oxygen atoms in total. The Morgan fingerprint density at radius 1 is 1.04 bits per heavy atom. The van der Waals surface area contributed by atoms with Crippen molar-refractivity contribution in [2.24, 2.45) is 0 Å². The lowest BCUT2D eigenvalue weighted by molar-refractivity contribution is -0.138. The van der Waals surface area contributed by atoms with Gasteiger partial charge in [0.05, 0.1) is 39.6 Å². The number of rotatable bonds is 13. The fraction of sp³-hybridized carbons (Fsp3) is 0.867. The molecule has 3 N–H and O–H groups in total. The van der Waals surface area contributed by atoms with Gasteiger partial charge in [-0.2, -0.15) is 0 Å². The van der Waals surface area contributed by atoms with Crippen LogP contribution in [0.2, 0.25) is 0 Å². The maximum atomic E-state index is 11.4. The van der Waals surface area contributed by atoms with Crippen molar-refractivity contribution in [2.45, 2.75) is 26.4 Å². The van der Waals surface area contributed by atoms with E-state index in [4.69, 9.17) is 24.4 Å². The van der Waals surface area contributed by atoms with E-state index in [1.807, 2.05) is 0 Å². The lowest BCUT2D eigenvalue weighted by atomic mass is 10.2. The number of nitrogens with one attached hydrogen (secondary N) is 1. The lowest BCUT2D eigenvalue weighted by Crippen LogP contribution is -2.36. The minimum atomic E-state index is -0.927. The molecule has 0 aromatic carbocycles. The molecule has 9 heteroatoms. The van der Waals surface area contributed by atoms with E-state index in [9.17, 15) is 9.59 Å². The molecule has 0 rings (SSSR count). The van der Waals surface area contributed by atoms with Gasteiger partial charge in [-0.3, -0.25) is 9.69 Å². The van der Waals surface area contributed by atoms with Crippen molar-refractivity contribution in [3.05, 3.63) is 0 Å². The summed E-state index contributed by atoms with van der Waals surface area (Å²) in [6.07, 6.45) is -0.500. The average Bonchev–Trinajstić information content (AvgIpc) is 2.44. The van der Waals surface area contributed by atoms with Crippen LogP contribution in [0.15, 0.2) is 0 Å². The van der Waals surface area contributed by atoms with E-state index >= 15 is 0 Å². The minimum absolute atomic E-state index is 0.0628. The molecule has 0 heterocycles. The highest BCUT2D eigenvalue weighted by Gasteiger charge is 2.15. The van der Waals surface area contributed by atoms with Gasteiger partial charge < -0.3 is 29.7 Å². The van der Waals surface area contributed by atoms with Crippen LogP contribution in [0.25, 0.3) is 0 Å². The zero-order valence-corrected chi connectivity index (χ0v) is 14.7. The van der Waals surface area contributed by atoms with E-state index < -0.39 is 17.7 Å². The Morgan fingerprint density at radius 3 is 2.12 bits per heavy atom. The van der Waals surface area contributed by atoms with Crippen LogP contribution in [0.3, 0.4) is 0 Å². The molecular weight excluding hydrogens is 320 g/mol. The third-order valence-electron chi connectivity index (χ3n) is 2.61. The lowest BCUT2D eigenvalue weighted by Gasteiger charge is -2.20. The number of aliphatic carboxylic acids is 1. The van der Waals surface area contributed by atoms with E-state index in [0.29, 0.717) is 39.5 Å². The summed E-state index contributed by atoms with van der Waals surface area (Å²) in [7, 11) is 0. The number of aliphatic hydroxyl groups is 1. The Hall–Kier alpha value is -1.42. The number of aliphatic hydroxyl groups excluding tert-OH is 1.